The lowest BCUT2D eigenvalue weighted by molar-refractivity contribution is -0.143. The molecule has 0 aliphatic rings. The van der Waals surface area contributed by atoms with Gasteiger partial charge in [0.25, 0.3) is 0 Å². The minimum atomic E-state index is -0.971. The summed E-state index contributed by atoms with van der Waals surface area (Å²) in [6, 6.07) is 0. The maximum atomic E-state index is 10.3. The van der Waals surface area contributed by atoms with Crippen molar-refractivity contribution in [3.05, 3.63) is 0 Å². The fraction of sp³-hybridized carbons (Fsp3) is 0.933. The maximum absolute atomic E-state index is 10.3. The van der Waals surface area contributed by atoms with Gasteiger partial charge in [0.15, 0.2) is 0 Å². The van der Waals surface area contributed by atoms with E-state index in [9.17, 15) is 4.79 Å². The van der Waals surface area contributed by atoms with Gasteiger partial charge in [0.1, 0.15) is 6.61 Å². The van der Waals surface area contributed by atoms with E-state index in [1.807, 2.05) is 27.7 Å². The summed E-state index contributed by atoms with van der Waals surface area (Å²) in [6.07, 6.45) is 1.59. The molecule has 0 fully saturated rings. The first-order chi connectivity index (χ1) is 9.68. The molecule has 0 unspecified atom stereocenters. The molecule has 1 N–H and O–H groups in total. The third-order valence-electron chi connectivity index (χ3n) is 3.05. The second kappa shape index (κ2) is 10.1. The number of rotatable bonds is 13. The Hall–Kier alpha value is -0.690. The van der Waals surface area contributed by atoms with Crippen LogP contribution in [-0.4, -0.2) is 62.4 Å². The summed E-state index contributed by atoms with van der Waals surface area (Å²) >= 11 is 0. The summed E-state index contributed by atoms with van der Waals surface area (Å²) in [4.78, 5) is 10.3. The number of hydrogen-bond acceptors (Lipinski definition) is 5. The molecule has 0 aliphatic carbocycles. The number of ether oxygens (including phenoxy) is 4. The van der Waals surface area contributed by atoms with E-state index in [1.165, 1.54) is 0 Å². The van der Waals surface area contributed by atoms with E-state index < -0.39 is 5.97 Å². The predicted octanol–water partition coefficient (Wildman–Crippen LogP) is 2.10. The van der Waals surface area contributed by atoms with Gasteiger partial charge in [0.05, 0.1) is 31.0 Å². The molecule has 6 nitrogen and oxygen atoms in total. The number of carboxylic acid groups (broad SMARTS) is 1. The zero-order valence-corrected chi connectivity index (χ0v) is 13.9. The molecule has 0 bridgehead atoms. The van der Waals surface area contributed by atoms with Crippen molar-refractivity contribution < 1.29 is 28.8 Å². The van der Waals surface area contributed by atoms with E-state index >= 15 is 0 Å². The second-order valence-electron chi connectivity index (χ2n) is 6.16. The van der Waals surface area contributed by atoms with Crippen molar-refractivity contribution in [3.8, 4) is 0 Å². The van der Waals surface area contributed by atoms with Crippen molar-refractivity contribution in [1.29, 1.82) is 0 Å². The standard InChI is InChI=1S/C15H30O6/c1-14(2,6-8-18-5)20-9-7-15(3,4)21-11-10-19-12-13(16)17/h6-12H2,1-5H3,(H,16,17). The molecular weight excluding hydrogens is 276 g/mol. The van der Waals surface area contributed by atoms with Crippen LogP contribution in [0.25, 0.3) is 0 Å². The van der Waals surface area contributed by atoms with Crippen LogP contribution >= 0.6 is 0 Å². The van der Waals surface area contributed by atoms with Crippen molar-refractivity contribution in [1.82, 2.24) is 0 Å². The van der Waals surface area contributed by atoms with Gasteiger partial charge in [-0.15, -0.1) is 0 Å². The molecule has 0 aromatic heterocycles. The first kappa shape index (κ1) is 20.3. The van der Waals surface area contributed by atoms with Gasteiger partial charge < -0.3 is 24.1 Å². The summed E-state index contributed by atoms with van der Waals surface area (Å²) in [7, 11) is 1.68. The minimum Gasteiger partial charge on any atom is -0.480 e. The summed E-state index contributed by atoms with van der Waals surface area (Å²) in [5.74, 6) is -0.971. The molecule has 0 rings (SSSR count). The Bertz CT molecular complexity index is 288. The molecule has 21 heavy (non-hydrogen) atoms. The Morgan fingerprint density at radius 3 is 1.95 bits per heavy atom. The van der Waals surface area contributed by atoms with Crippen LogP contribution in [0.3, 0.4) is 0 Å². The normalized spacial score (nSPS) is 12.6. The van der Waals surface area contributed by atoms with Gasteiger partial charge in [-0.05, 0) is 40.5 Å². The zero-order chi connectivity index (χ0) is 16.4. The van der Waals surface area contributed by atoms with Crippen LogP contribution in [0.2, 0.25) is 0 Å². The highest BCUT2D eigenvalue weighted by Crippen LogP contribution is 2.19. The van der Waals surface area contributed by atoms with Crippen LogP contribution in [0, 0.1) is 0 Å². The molecule has 0 radical (unpaired) electrons. The van der Waals surface area contributed by atoms with Crippen LogP contribution in [0.1, 0.15) is 40.5 Å². The van der Waals surface area contributed by atoms with E-state index in [1.54, 1.807) is 7.11 Å². The van der Waals surface area contributed by atoms with Gasteiger partial charge in [-0.25, -0.2) is 4.79 Å². The van der Waals surface area contributed by atoms with Gasteiger partial charge in [-0.1, -0.05) is 0 Å². The van der Waals surface area contributed by atoms with Crippen LogP contribution < -0.4 is 0 Å². The fourth-order valence-corrected chi connectivity index (χ4v) is 1.60. The molecule has 126 valence electrons. The Morgan fingerprint density at radius 1 is 0.905 bits per heavy atom. The van der Waals surface area contributed by atoms with Crippen LogP contribution in [-0.2, 0) is 23.7 Å². The lowest BCUT2D eigenvalue weighted by atomic mass is 10.0. The van der Waals surface area contributed by atoms with E-state index in [2.05, 4.69) is 0 Å². The highest BCUT2D eigenvalue weighted by Gasteiger charge is 2.22. The number of hydrogen-bond donors (Lipinski definition) is 1. The Kier molecular flexibility index (Phi) is 9.77. The summed E-state index contributed by atoms with van der Waals surface area (Å²) < 4.78 is 21.5. The first-order valence-corrected chi connectivity index (χ1v) is 7.25. The van der Waals surface area contributed by atoms with Gasteiger partial charge in [0.2, 0.25) is 0 Å². The van der Waals surface area contributed by atoms with E-state index in [0.29, 0.717) is 19.8 Å². The molecule has 0 aromatic carbocycles. The number of aliphatic carboxylic acids is 1. The number of carbonyl (C=O) groups is 1. The van der Waals surface area contributed by atoms with Gasteiger partial charge in [0, 0.05) is 13.7 Å². The Balaban J connectivity index is 3.78. The molecule has 0 spiro atoms. The van der Waals surface area contributed by atoms with Crippen molar-refractivity contribution in [2.75, 3.05) is 40.1 Å². The van der Waals surface area contributed by atoms with E-state index in [0.717, 1.165) is 12.8 Å². The molecule has 0 aromatic rings. The van der Waals surface area contributed by atoms with Crippen LogP contribution in [0.4, 0.5) is 0 Å². The fourth-order valence-electron chi connectivity index (χ4n) is 1.60. The second-order valence-corrected chi connectivity index (χ2v) is 6.16. The quantitative estimate of drug-likeness (QED) is 0.525. The number of carboxylic acids is 1. The first-order valence-electron chi connectivity index (χ1n) is 7.25. The van der Waals surface area contributed by atoms with Crippen molar-refractivity contribution in [3.63, 3.8) is 0 Å². The lowest BCUT2D eigenvalue weighted by Crippen LogP contribution is -2.32. The zero-order valence-electron chi connectivity index (χ0n) is 13.9. The molecule has 0 atom stereocenters. The van der Waals surface area contributed by atoms with Crippen molar-refractivity contribution in [2.45, 2.75) is 51.7 Å². The molecular formula is C15H30O6. The summed E-state index contributed by atoms with van der Waals surface area (Å²) in [6.45, 7) is 9.67. The third-order valence-corrected chi connectivity index (χ3v) is 3.05. The van der Waals surface area contributed by atoms with Crippen LogP contribution in [0.5, 0.6) is 0 Å². The average Bonchev–Trinajstić information content (AvgIpc) is 2.35. The Morgan fingerprint density at radius 2 is 1.43 bits per heavy atom. The Labute approximate surface area is 127 Å². The lowest BCUT2D eigenvalue weighted by Gasteiger charge is -2.29. The topological polar surface area (TPSA) is 74.2 Å². The molecule has 0 amide bonds. The molecule has 0 saturated carbocycles. The minimum absolute atomic E-state index is 0.212. The van der Waals surface area contributed by atoms with E-state index in [-0.39, 0.29) is 24.4 Å². The highest BCUT2D eigenvalue weighted by atomic mass is 16.5. The predicted molar refractivity (Wildman–Crippen MR) is 79.6 cm³/mol. The summed E-state index contributed by atoms with van der Waals surface area (Å²) in [5, 5.41) is 8.44. The SMILES string of the molecule is COCCC(C)(C)OCCC(C)(C)OCCOCC(=O)O. The van der Waals surface area contributed by atoms with Gasteiger partial charge in [-0.2, -0.15) is 0 Å². The van der Waals surface area contributed by atoms with E-state index in [4.69, 9.17) is 24.1 Å². The van der Waals surface area contributed by atoms with Gasteiger partial charge >= 0.3 is 5.97 Å². The molecule has 0 heterocycles. The number of methoxy groups -OCH3 is 1. The monoisotopic (exact) mass is 306 g/mol. The van der Waals surface area contributed by atoms with Gasteiger partial charge in [-0.3, -0.25) is 0 Å². The molecule has 0 aliphatic heterocycles. The highest BCUT2D eigenvalue weighted by molar-refractivity contribution is 5.67. The maximum Gasteiger partial charge on any atom is 0.329 e. The average molecular weight is 306 g/mol. The third kappa shape index (κ3) is 12.7. The largest absolute Gasteiger partial charge is 0.480 e. The van der Waals surface area contributed by atoms with Crippen LogP contribution in [0.15, 0.2) is 0 Å². The summed E-state index contributed by atoms with van der Waals surface area (Å²) in [5.41, 5.74) is -0.541. The molecule has 6 heteroatoms. The smallest absolute Gasteiger partial charge is 0.329 e. The van der Waals surface area contributed by atoms with Crippen molar-refractivity contribution in [2.24, 2.45) is 0 Å². The van der Waals surface area contributed by atoms with Crippen molar-refractivity contribution >= 4 is 5.97 Å². The molecule has 0 saturated heterocycles.